The third-order valence-corrected chi connectivity index (χ3v) is 3.08. The Morgan fingerprint density at radius 3 is 2.78 bits per heavy atom. The normalized spacial score (nSPS) is 11.7. The van der Waals surface area contributed by atoms with Crippen LogP contribution < -0.4 is 0 Å². The molecule has 0 saturated carbocycles. The molecule has 1 N–H and O–H groups in total. The summed E-state index contributed by atoms with van der Waals surface area (Å²) < 4.78 is 37.2. The molecule has 0 aromatic carbocycles. The van der Waals surface area contributed by atoms with Crippen LogP contribution in [0.25, 0.3) is 10.4 Å². The van der Waals surface area contributed by atoms with Crippen LogP contribution in [0.5, 0.6) is 0 Å². The molecule has 2 aromatic heterocycles. The fraction of sp³-hybridized carbons (Fsp3) is 0.200. The number of nitrogens with zero attached hydrogens (tertiary/aromatic N) is 2. The van der Waals surface area contributed by atoms with Crippen LogP contribution in [0.1, 0.15) is 10.4 Å². The Kier molecular flexibility index (Phi) is 3.12. The molecule has 8 heteroatoms. The van der Waals surface area contributed by atoms with Gasteiger partial charge in [0, 0.05) is 22.0 Å². The molecule has 18 heavy (non-hydrogen) atoms. The van der Waals surface area contributed by atoms with Gasteiger partial charge in [-0.25, -0.2) is 4.79 Å². The van der Waals surface area contributed by atoms with Crippen LogP contribution in [0.2, 0.25) is 0 Å². The number of rotatable bonds is 3. The summed E-state index contributed by atoms with van der Waals surface area (Å²) in [6.07, 6.45) is -1.81. The van der Waals surface area contributed by atoms with E-state index >= 15 is 0 Å². The molecule has 0 aliphatic rings. The fourth-order valence-electron chi connectivity index (χ4n) is 1.36. The molecule has 0 atom stereocenters. The van der Waals surface area contributed by atoms with Crippen molar-refractivity contribution < 1.29 is 23.1 Å². The van der Waals surface area contributed by atoms with E-state index in [0.29, 0.717) is 10.4 Å². The minimum Gasteiger partial charge on any atom is -0.478 e. The van der Waals surface area contributed by atoms with Gasteiger partial charge in [0.25, 0.3) is 0 Å². The third-order valence-electron chi connectivity index (χ3n) is 2.11. The van der Waals surface area contributed by atoms with Gasteiger partial charge in [0.15, 0.2) is 0 Å². The topological polar surface area (TPSA) is 55.1 Å². The van der Waals surface area contributed by atoms with E-state index in [0.717, 1.165) is 16.0 Å². The highest BCUT2D eigenvalue weighted by Gasteiger charge is 2.28. The van der Waals surface area contributed by atoms with Crippen molar-refractivity contribution in [2.45, 2.75) is 12.7 Å². The van der Waals surface area contributed by atoms with Gasteiger partial charge in [0.1, 0.15) is 6.54 Å². The summed E-state index contributed by atoms with van der Waals surface area (Å²) in [5.74, 6) is -1.07. The molecular formula is C10H7F3N2O2S. The maximum Gasteiger partial charge on any atom is 0.408 e. The van der Waals surface area contributed by atoms with E-state index in [1.165, 1.54) is 23.8 Å². The molecule has 2 rings (SSSR count). The summed E-state index contributed by atoms with van der Waals surface area (Å²) in [7, 11) is 0. The van der Waals surface area contributed by atoms with E-state index in [4.69, 9.17) is 5.11 Å². The number of halogens is 3. The van der Waals surface area contributed by atoms with Crippen molar-refractivity contribution in [2.75, 3.05) is 0 Å². The molecule has 0 radical (unpaired) electrons. The van der Waals surface area contributed by atoms with Gasteiger partial charge < -0.3 is 5.11 Å². The van der Waals surface area contributed by atoms with Crippen molar-refractivity contribution in [1.29, 1.82) is 0 Å². The lowest BCUT2D eigenvalue weighted by Gasteiger charge is -2.04. The first kappa shape index (κ1) is 12.6. The van der Waals surface area contributed by atoms with E-state index in [1.54, 1.807) is 0 Å². The zero-order valence-electron chi connectivity index (χ0n) is 8.81. The molecule has 0 saturated heterocycles. The Labute approximate surface area is 103 Å². The lowest BCUT2D eigenvalue weighted by atomic mass is 10.2. The second-order valence-electron chi connectivity index (χ2n) is 3.55. The molecule has 2 heterocycles. The zero-order valence-corrected chi connectivity index (χ0v) is 9.63. The summed E-state index contributed by atoms with van der Waals surface area (Å²) >= 11 is 1.15. The first-order chi connectivity index (χ1) is 8.35. The summed E-state index contributed by atoms with van der Waals surface area (Å²) in [5, 5.41) is 13.8. The van der Waals surface area contributed by atoms with Crippen LogP contribution in [-0.4, -0.2) is 27.0 Å². The first-order valence-electron chi connectivity index (χ1n) is 4.76. The van der Waals surface area contributed by atoms with Crippen molar-refractivity contribution >= 4 is 17.3 Å². The van der Waals surface area contributed by atoms with Crippen LogP contribution in [0.4, 0.5) is 13.2 Å². The molecule has 96 valence electrons. The van der Waals surface area contributed by atoms with Crippen LogP contribution in [0, 0.1) is 0 Å². The average Bonchev–Trinajstić information content (AvgIpc) is 2.81. The second-order valence-corrected chi connectivity index (χ2v) is 4.46. The van der Waals surface area contributed by atoms with Crippen molar-refractivity contribution in [1.82, 2.24) is 9.78 Å². The van der Waals surface area contributed by atoms with Gasteiger partial charge in [-0.05, 0) is 6.07 Å². The molecule has 0 unspecified atom stereocenters. The van der Waals surface area contributed by atoms with E-state index in [-0.39, 0.29) is 5.56 Å². The van der Waals surface area contributed by atoms with E-state index in [1.807, 2.05) is 0 Å². The molecule has 0 aliphatic carbocycles. The molecule has 0 fully saturated rings. The molecule has 0 amide bonds. The Balaban J connectivity index is 2.21. The first-order valence-corrected chi connectivity index (χ1v) is 5.64. The number of alkyl halides is 3. The van der Waals surface area contributed by atoms with Crippen LogP contribution in [-0.2, 0) is 6.54 Å². The number of aromatic carboxylic acids is 1. The maximum absolute atomic E-state index is 12.1. The van der Waals surface area contributed by atoms with Crippen molar-refractivity contribution in [2.24, 2.45) is 0 Å². The monoisotopic (exact) mass is 276 g/mol. The fourth-order valence-corrected chi connectivity index (χ4v) is 2.22. The largest absolute Gasteiger partial charge is 0.478 e. The van der Waals surface area contributed by atoms with Gasteiger partial charge in [0.05, 0.1) is 11.8 Å². The van der Waals surface area contributed by atoms with Gasteiger partial charge in [-0.2, -0.15) is 18.3 Å². The minimum absolute atomic E-state index is 0.110. The van der Waals surface area contributed by atoms with Gasteiger partial charge in [-0.1, -0.05) is 0 Å². The Bertz CT molecular complexity index is 574. The lowest BCUT2D eigenvalue weighted by Crippen LogP contribution is -2.17. The summed E-state index contributed by atoms with van der Waals surface area (Å²) in [5.41, 5.74) is 0.579. The number of carboxylic acids is 1. The number of aromatic nitrogens is 2. The lowest BCUT2D eigenvalue weighted by molar-refractivity contribution is -0.142. The molecule has 4 nitrogen and oxygen atoms in total. The van der Waals surface area contributed by atoms with Gasteiger partial charge >= 0.3 is 12.1 Å². The number of thiophene rings is 1. The van der Waals surface area contributed by atoms with Gasteiger partial charge in [-0.15, -0.1) is 11.3 Å². The smallest absolute Gasteiger partial charge is 0.408 e. The number of carboxylic acid groups (broad SMARTS) is 1. The third kappa shape index (κ3) is 2.89. The van der Waals surface area contributed by atoms with E-state index in [9.17, 15) is 18.0 Å². The second kappa shape index (κ2) is 4.45. The highest BCUT2D eigenvalue weighted by atomic mass is 32.1. The quantitative estimate of drug-likeness (QED) is 0.937. The predicted molar refractivity (Wildman–Crippen MR) is 58.6 cm³/mol. The van der Waals surface area contributed by atoms with Gasteiger partial charge in [0.2, 0.25) is 0 Å². The summed E-state index contributed by atoms with van der Waals surface area (Å²) in [6, 6.07) is 1.40. The molecule has 0 spiro atoms. The Morgan fingerprint density at radius 1 is 1.50 bits per heavy atom. The van der Waals surface area contributed by atoms with E-state index in [2.05, 4.69) is 5.10 Å². The van der Waals surface area contributed by atoms with Crippen molar-refractivity contribution in [3.63, 3.8) is 0 Å². The van der Waals surface area contributed by atoms with Crippen LogP contribution in [0.15, 0.2) is 23.8 Å². The molecular weight excluding hydrogens is 269 g/mol. The van der Waals surface area contributed by atoms with Crippen molar-refractivity contribution in [3.05, 3.63) is 29.4 Å². The Morgan fingerprint density at radius 2 is 2.22 bits per heavy atom. The predicted octanol–water partition coefficient (Wildman–Crippen LogP) is 2.87. The number of hydrogen-bond acceptors (Lipinski definition) is 3. The number of carbonyl (C=O) groups is 1. The number of hydrogen-bond donors (Lipinski definition) is 1. The molecule has 2 aromatic rings. The highest BCUT2D eigenvalue weighted by molar-refractivity contribution is 7.13. The van der Waals surface area contributed by atoms with E-state index < -0.39 is 18.7 Å². The SMILES string of the molecule is O=C(O)c1csc(-c2cnn(CC(F)(F)F)c2)c1. The van der Waals surface area contributed by atoms with Crippen LogP contribution >= 0.6 is 11.3 Å². The average molecular weight is 276 g/mol. The molecule has 0 aliphatic heterocycles. The minimum atomic E-state index is -4.33. The standard InChI is InChI=1S/C10H7F3N2O2S/c11-10(12,13)5-15-3-7(2-14-15)8-1-6(4-18-8)9(16)17/h1-4H,5H2,(H,16,17). The zero-order chi connectivity index (χ0) is 13.3. The maximum atomic E-state index is 12.1. The van der Waals surface area contributed by atoms with Crippen molar-refractivity contribution in [3.8, 4) is 10.4 Å². The Hall–Kier alpha value is -1.83. The van der Waals surface area contributed by atoms with Gasteiger partial charge in [-0.3, -0.25) is 4.68 Å². The highest BCUT2D eigenvalue weighted by Crippen LogP contribution is 2.27. The molecule has 0 bridgehead atoms. The summed E-state index contributed by atoms with van der Waals surface area (Å²) in [4.78, 5) is 11.2. The summed E-state index contributed by atoms with van der Waals surface area (Å²) in [6.45, 7) is -1.16. The van der Waals surface area contributed by atoms with Crippen LogP contribution in [0.3, 0.4) is 0 Å².